The third-order valence-electron chi connectivity index (χ3n) is 2.34. The number of rotatable bonds is 5. The van der Waals surface area contributed by atoms with E-state index in [1.807, 2.05) is 6.92 Å². The molecule has 5 heteroatoms. The maximum atomic E-state index is 13.3. The van der Waals surface area contributed by atoms with Crippen molar-refractivity contribution in [3.8, 4) is 6.07 Å². The molecule has 0 aliphatic rings. The summed E-state index contributed by atoms with van der Waals surface area (Å²) in [6.45, 7) is 1.95. The van der Waals surface area contributed by atoms with Crippen LogP contribution >= 0.6 is 0 Å². The Balaban J connectivity index is 2.60. The fraction of sp³-hybridized carbons (Fsp3) is 0.417. The van der Waals surface area contributed by atoms with Crippen molar-refractivity contribution >= 4 is 16.5 Å². The van der Waals surface area contributed by atoms with Crippen LogP contribution in [0.3, 0.4) is 0 Å². The molecule has 3 nitrogen and oxygen atoms in total. The van der Waals surface area contributed by atoms with Gasteiger partial charge in [-0.3, -0.25) is 4.21 Å². The van der Waals surface area contributed by atoms with Crippen LogP contribution in [-0.4, -0.2) is 22.3 Å². The van der Waals surface area contributed by atoms with E-state index < -0.39 is 16.6 Å². The second kappa shape index (κ2) is 6.36. The number of anilines is 1. The minimum absolute atomic E-state index is 0.0397. The molecular weight excluding hydrogens is 239 g/mol. The molecule has 0 spiro atoms. The molecule has 0 amide bonds. The average molecular weight is 254 g/mol. The fourth-order valence-corrected chi connectivity index (χ4v) is 2.08. The maximum Gasteiger partial charge on any atom is 0.143 e. The van der Waals surface area contributed by atoms with Crippen molar-refractivity contribution in [3.05, 3.63) is 29.6 Å². The summed E-state index contributed by atoms with van der Waals surface area (Å²) in [5.41, 5.74) is 0.675. The van der Waals surface area contributed by atoms with Gasteiger partial charge in [0.15, 0.2) is 0 Å². The number of hydrogen-bond acceptors (Lipinski definition) is 3. The van der Waals surface area contributed by atoms with Gasteiger partial charge in [0, 0.05) is 34.5 Å². The van der Waals surface area contributed by atoms with Crippen molar-refractivity contribution in [1.82, 2.24) is 0 Å². The third kappa shape index (κ3) is 4.53. The fourth-order valence-electron chi connectivity index (χ4n) is 1.39. The standard InChI is InChI=1S/C12H15FN2OS/c1-9(5-6-17(2)16)15-11-4-3-10(8-14)12(13)7-11/h3-4,7,9,15H,5-6H2,1-2H3. The normalized spacial score (nSPS) is 13.8. The summed E-state index contributed by atoms with van der Waals surface area (Å²) >= 11 is 0. The van der Waals surface area contributed by atoms with Crippen molar-refractivity contribution in [2.24, 2.45) is 0 Å². The van der Waals surface area contributed by atoms with Gasteiger partial charge in [-0.25, -0.2) is 4.39 Å². The highest BCUT2D eigenvalue weighted by atomic mass is 32.2. The molecule has 0 saturated carbocycles. The molecule has 0 radical (unpaired) electrons. The summed E-state index contributed by atoms with van der Waals surface area (Å²) in [6, 6.07) is 6.31. The molecule has 2 atom stereocenters. The number of hydrogen-bond donors (Lipinski definition) is 1. The van der Waals surface area contributed by atoms with Gasteiger partial charge in [-0.1, -0.05) is 0 Å². The van der Waals surface area contributed by atoms with Crippen LogP contribution in [0.25, 0.3) is 0 Å². The zero-order valence-electron chi connectivity index (χ0n) is 9.87. The van der Waals surface area contributed by atoms with E-state index in [1.165, 1.54) is 12.1 Å². The molecule has 2 unspecified atom stereocenters. The van der Waals surface area contributed by atoms with E-state index in [0.29, 0.717) is 11.4 Å². The Bertz CT molecular complexity index is 456. The first kappa shape index (κ1) is 13.7. The Labute approximate surface area is 103 Å². The lowest BCUT2D eigenvalue weighted by Gasteiger charge is -2.14. The van der Waals surface area contributed by atoms with Gasteiger partial charge in [-0.05, 0) is 31.5 Å². The highest BCUT2D eigenvalue weighted by Crippen LogP contribution is 2.15. The summed E-state index contributed by atoms with van der Waals surface area (Å²) in [5.74, 6) is 0.0937. The topological polar surface area (TPSA) is 52.9 Å². The Morgan fingerprint density at radius 2 is 2.29 bits per heavy atom. The SMILES string of the molecule is CC(CCS(C)=O)Nc1ccc(C#N)c(F)c1. The van der Waals surface area contributed by atoms with Crippen molar-refractivity contribution < 1.29 is 8.60 Å². The maximum absolute atomic E-state index is 13.3. The van der Waals surface area contributed by atoms with Crippen LogP contribution in [0.1, 0.15) is 18.9 Å². The van der Waals surface area contributed by atoms with E-state index in [-0.39, 0.29) is 11.6 Å². The van der Waals surface area contributed by atoms with Crippen LogP contribution in [0.15, 0.2) is 18.2 Å². The molecule has 0 bridgehead atoms. The Hall–Kier alpha value is -1.41. The minimum Gasteiger partial charge on any atom is -0.382 e. The zero-order valence-corrected chi connectivity index (χ0v) is 10.7. The number of nitrogens with one attached hydrogen (secondary N) is 1. The van der Waals surface area contributed by atoms with Crippen molar-refractivity contribution in [2.75, 3.05) is 17.3 Å². The number of halogens is 1. The zero-order chi connectivity index (χ0) is 12.8. The van der Waals surface area contributed by atoms with Crippen LogP contribution in [0, 0.1) is 17.1 Å². The van der Waals surface area contributed by atoms with Crippen LogP contribution in [0.4, 0.5) is 10.1 Å². The van der Waals surface area contributed by atoms with E-state index in [2.05, 4.69) is 5.32 Å². The van der Waals surface area contributed by atoms with Gasteiger partial charge in [-0.2, -0.15) is 5.26 Å². The molecule has 92 valence electrons. The van der Waals surface area contributed by atoms with E-state index in [0.717, 1.165) is 6.42 Å². The first-order chi connectivity index (χ1) is 8.02. The lowest BCUT2D eigenvalue weighted by atomic mass is 10.2. The quantitative estimate of drug-likeness (QED) is 0.877. The molecule has 0 fully saturated rings. The summed E-state index contributed by atoms with van der Waals surface area (Å²) in [7, 11) is -0.811. The van der Waals surface area contributed by atoms with E-state index in [9.17, 15) is 8.60 Å². The number of benzene rings is 1. The first-order valence-corrected chi connectivity index (χ1v) is 7.02. The second-order valence-corrected chi connectivity index (χ2v) is 5.47. The molecule has 0 aliphatic heterocycles. The summed E-state index contributed by atoms with van der Waals surface area (Å²) in [6.07, 6.45) is 2.42. The van der Waals surface area contributed by atoms with Gasteiger partial charge >= 0.3 is 0 Å². The third-order valence-corrected chi connectivity index (χ3v) is 3.15. The van der Waals surface area contributed by atoms with Crippen LogP contribution in [-0.2, 0) is 10.8 Å². The van der Waals surface area contributed by atoms with Crippen LogP contribution in [0.2, 0.25) is 0 Å². The Morgan fingerprint density at radius 3 is 2.82 bits per heavy atom. The van der Waals surface area contributed by atoms with Gasteiger partial charge in [0.05, 0.1) is 5.56 Å². The van der Waals surface area contributed by atoms with Crippen molar-refractivity contribution in [3.63, 3.8) is 0 Å². The molecular formula is C12H15FN2OS. The highest BCUT2D eigenvalue weighted by Gasteiger charge is 2.06. The molecule has 1 aromatic rings. The van der Waals surface area contributed by atoms with Gasteiger partial charge in [0.25, 0.3) is 0 Å². The van der Waals surface area contributed by atoms with Crippen LogP contribution < -0.4 is 5.32 Å². The summed E-state index contributed by atoms with van der Waals surface area (Å²) in [4.78, 5) is 0. The number of nitriles is 1. The van der Waals surface area contributed by atoms with Gasteiger partial charge < -0.3 is 5.32 Å². The van der Waals surface area contributed by atoms with Gasteiger partial charge in [0.1, 0.15) is 11.9 Å². The highest BCUT2D eigenvalue weighted by molar-refractivity contribution is 7.84. The predicted molar refractivity (Wildman–Crippen MR) is 67.8 cm³/mol. The lowest BCUT2D eigenvalue weighted by molar-refractivity contribution is 0.623. The molecule has 0 aliphatic carbocycles. The average Bonchev–Trinajstić information content (AvgIpc) is 2.26. The minimum atomic E-state index is -0.811. The summed E-state index contributed by atoms with van der Waals surface area (Å²) in [5, 5.41) is 11.7. The summed E-state index contributed by atoms with van der Waals surface area (Å²) < 4.78 is 24.2. The molecule has 1 rings (SSSR count). The van der Waals surface area contributed by atoms with Gasteiger partial charge in [0.2, 0.25) is 0 Å². The van der Waals surface area contributed by atoms with E-state index in [1.54, 1.807) is 18.4 Å². The molecule has 0 aromatic heterocycles. The van der Waals surface area contributed by atoms with Crippen molar-refractivity contribution in [2.45, 2.75) is 19.4 Å². The molecule has 0 saturated heterocycles. The first-order valence-electron chi connectivity index (χ1n) is 5.29. The predicted octanol–water partition coefficient (Wildman–Crippen LogP) is 2.27. The Morgan fingerprint density at radius 1 is 1.59 bits per heavy atom. The van der Waals surface area contributed by atoms with E-state index in [4.69, 9.17) is 5.26 Å². The van der Waals surface area contributed by atoms with E-state index >= 15 is 0 Å². The molecule has 1 N–H and O–H groups in total. The second-order valence-electron chi connectivity index (χ2n) is 3.92. The largest absolute Gasteiger partial charge is 0.382 e. The molecule has 17 heavy (non-hydrogen) atoms. The van der Waals surface area contributed by atoms with Gasteiger partial charge in [-0.15, -0.1) is 0 Å². The monoisotopic (exact) mass is 254 g/mol. The Kier molecular flexibility index (Phi) is 5.11. The van der Waals surface area contributed by atoms with Crippen LogP contribution in [0.5, 0.6) is 0 Å². The number of nitrogens with zero attached hydrogens (tertiary/aromatic N) is 1. The molecule has 1 aromatic carbocycles. The lowest BCUT2D eigenvalue weighted by Crippen LogP contribution is -2.17. The van der Waals surface area contributed by atoms with Crippen molar-refractivity contribution in [1.29, 1.82) is 5.26 Å². The molecule has 0 heterocycles. The smallest absolute Gasteiger partial charge is 0.143 e.